The van der Waals surface area contributed by atoms with Crippen LogP contribution in [0, 0.1) is 6.92 Å². The number of nitrogens with zero attached hydrogens (tertiary/aromatic N) is 1. The van der Waals surface area contributed by atoms with Crippen molar-refractivity contribution in [3.05, 3.63) is 51.5 Å². The monoisotopic (exact) mass is 303 g/mol. The molecule has 110 valence electrons. The fraction of sp³-hybridized carbons (Fsp3) is 0.250. The fourth-order valence-corrected chi connectivity index (χ4v) is 2.59. The van der Waals surface area contributed by atoms with Crippen molar-refractivity contribution in [3.63, 3.8) is 0 Å². The molecule has 2 rings (SSSR count). The van der Waals surface area contributed by atoms with Crippen molar-refractivity contribution in [1.29, 1.82) is 0 Å². The molecule has 0 radical (unpaired) electrons. The topological polar surface area (TPSA) is 70.4 Å². The van der Waals surface area contributed by atoms with E-state index in [2.05, 4.69) is 4.98 Å². The normalized spacial score (nSPS) is 12.7. The van der Waals surface area contributed by atoms with Gasteiger partial charge in [-0.2, -0.15) is 0 Å². The average Bonchev–Trinajstić information content (AvgIpc) is 2.88. The van der Waals surface area contributed by atoms with Gasteiger partial charge in [-0.15, -0.1) is 11.3 Å². The summed E-state index contributed by atoms with van der Waals surface area (Å²) in [6.07, 6.45) is 3.47. The first-order chi connectivity index (χ1) is 10.1. The average molecular weight is 303 g/mol. The van der Waals surface area contributed by atoms with E-state index in [9.17, 15) is 9.90 Å². The van der Waals surface area contributed by atoms with Crippen molar-refractivity contribution in [2.75, 3.05) is 0 Å². The van der Waals surface area contributed by atoms with Gasteiger partial charge in [0.05, 0.1) is 17.3 Å². The standard InChI is InChI=1S/C16H17NO3S/c1-11-15(21-10-17-11)8-4-12-2-5-13(6-3-12)14(18)7-9-16(19)20/h2-6,8,10,14,18H,7,9H2,1H3,(H,19,20)/b8-4+. The second kappa shape index (κ2) is 7.15. The van der Waals surface area contributed by atoms with Crippen molar-refractivity contribution >= 4 is 29.5 Å². The minimum atomic E-state index is -0.895. The Balaban J connectivity index is 2.00. The lowest BCUT2D eigenvalue weighted by molar-refractivity contribution is -0.137. The number of aryl methyl sites for hydroxylation is 1. The summed E-state index contributed by atoms with van der Waals surface area (Å²) < 4.78 is 0. The van der Waals surface area contributed by atoms with E-state index < -0.39 is 12.1 Å². The highest BCUT2D eigenvalue weighted by Crippen LogP contribution is 2.20. The number of benzene rings is 1. The third kappa shape index (κ3) is 4.51. The number of carboxylic acids is 1. The second-order valence-corrected chi connectivity index (χ2v) is 5.64. The molecule has 0 spiro atoms. The van der Waals surface area contributed by atoms with Crippen molar-refractivity contribution in [1.82, 2.24) is 4.98 Å². The maximum Gasteiger partial charge on any atom is 0.303 e. The molecule has 0 saturated carbocycles. The Bertz CT molecular complexity index is 631. The third-order valence-electron chi connectivity index (χ3n) is 3.16. The lowest BCUT2D eigenvalue weighted by Gasteiger charge is -2.09. The number of rotatable bonds is 6. The maximum atomic E-state index is 10.5. The molecule has 0 fully saturated rings. The summed E-state index contributed by atoms with van der Waals surface area (Å²) in [5, 5.41) is 18.5. The molecule has 0 saturated heterocycles. The van der Waals surface area contributed by atoms with Crippen LogP contribution < -0.4 is 0 Å². The quantitative estimate of drug-likeness (QED) is 0.856. The minimum absolute atomic E-state index is 0.0343. The number of aliphatic carboxylic acids is 1. The predicted octanol–water partition coefficient (Wildman–Crippen LogP) is 3.52. The highest BCUT2D eigenvalue weighted by Gasteiger charge is 2.09. The van der Waals surface area contributed by atoms with Gasteiger partial charge in [0.1, 0.15) is 0 Å². The molecule has 0 bridgehead atoms. The molecule has 5 heteroatoms. The number of carbonyl (C=O) groups is 1. The van der Waals surface area contributed by atoms with Crippen LogP contribution in [0.4, 0.5) is 0 Å². The van der Waals surface area contributed by atoms with Crippen LogP contribution in [-0.2, 0) is 4.79 Å². The second-order valence-electron chi connectivity index (χ2n) is 4.75. The van der Waals surface area contributed by atoms with Gasteiger partial charge < -0.3 is 10.2 Å². The van der Waals surface area contributed by atoms with E-state index in [0.717, 1.165) is 21.7 Å². The molecule has 1 aromatic heterocycles. The third-order valence-corrected chi connectivity index (χ3v) is 4.06. The molecular formula is C16H17NO3S. The summed E-state index contributed by atoms with van der Waals surface area (Å²) in [6, 6.07) is 7.47. The van der Waals surface area contributed by atoms with Crippen molar-refractivity contribution < 1.29 is 15.0 Å². The van der Waals surface area contributed by atoms with E-state index in [4.69, 9.17) is 5.11 Å². The molecule has 0 aliphatic rings. The number of aromatic nitrogens is 1. The summed E-state index contributed by atoms with van der Waals surface area (Å²) >= 11 is 1.59. The van der Waals surface area contributed by atoms with Crippen molar-refractivity contribution in [2.45, 2.75) is 25.9 Å². The minimum Gasteiger partial charge on any atom is -0.481 e. The lowest BCUT2D eigenvalue weighted by Crippen LogP contribution is -2.02. The Morgan fingerprint density at radius 3 is 2.62 bits per heavy atom. The summed E-state index contributed by atoms with van der Waals surface area (Å²) in [4.78, 5) is 15.8. The van der Waals surface area contributed by atoms with Crippen molar-refractivity contribution in [3.8, 4) is 0 Å². The van der Waals surface area contributed by atoms with Crippen LogP contribution in [-0.4, -0.2) is 21.2 Å². The molecule has 1 unspecified atom stereocenters. The van der Waals surface area contributed by atoms with Crippen molar-refractivity contribution in [2.24, 2.45) is 0 Å². The molecule has 0 aliphatic heterocycles. The van der Waals surface area contributed by atoms with Crippen LogP contribution in [0.2, 0.25) is 0 Å². The summed E-state index contributed by atoms with van der Waals surface area (Å²) in [7, 11) is 0. The van der Waals surface area contributed by atoms with Gasteiger partial charge in [-0.05, 0) is 30.5 Å². The lowest BCUT2D eigenvalue weighted by atomic mass is 10.0. The molecular weight excluding hydrogens is 286 g/mol. The number of carboxylic acid groups (broad SMARTS) is 1. The van der Waals surface area contributed by atoms with E-state index in [1.165, 1.54) is 0 Å². The Morgan fingerprint density at radius 1 is 1.33 bits per heavy atom. The van der Waals surface area contributed by atoms with Gasteiger partial charge in [0.25, 0.3) is 0 Å². The summed E-state index contributed by atoms with van der Waals surface area (Å²) in [5.41, 5.74) is 4.59. The molecule has 2 aromatic rings. The Morgan fingerprint density at radius 2 is 2.05 bits per heavy atom. The number of hydrogen-bond acceptors (Lipinski definition) is 4. The molecule has 1 aromatic carbocycles. The highest BCUT2D eigenvalue weighted by molar-refractivity contribution is 7.10. The smallest absolute Gasteiger partial charge is 0.303 e. The van der Waals surface area contributed by atoms with Gasteiger partial charge in [0.15, 0.2) is 0 Å². The number of aliphatic hydroxyl groups is 1. The van der Waals surface area contributed by atoms with Crippen LogP contribution in [0.3, 0.4) is 0 Å². The number of aliphatic hydroxyl groups excluding tert-OH is 1. The highest BCUT2D eigenvalue weighted by atomic mass is 32.1. The molecule has 0 amide bonds. The summed E-state index contributed by atoms with van der Waals surface area (Å²) in [6.45, 7) is 1.97. The Hall–Kier alpha value is -1.98. The van der Waals surface area contributed by atoms with Crippen LogP contribution in [0.25, 0.3) is 12.2 Å². The SMILES string of the molecule is Cc1ncsc1/C=C/c1ccc(C(O)CCC(=O)O)cc1. The van der Waals surface area contributed by atoms with Crippen LogP contribution >= 0.6 is 11.3 Å². The molecule has 1 atom stereocenters. The fourth-order valence-electron chi connectivity index (χ4n) is 1.90. The van der Waals surface area contributed by atoms with Gasteiger partial charge in [-0.1, -0.05) is 30.3 Å². The zero-order valence-corrected chi connectivity index (χ0v) is 12.5. The van der Waals surface area contributed by atoms with Gasteiger partial charge in [-0.3, -0.25) is 4.79 Å². The zero-order chi connectivity index (χ0) is 15.2. The molecule has 2 N–H and O–H groups in total. The molecule has 4 nitrogen and oxygen atoms in total. The molecule has 0 aliphatic carbocycles. The van der Waals surface area contributed by atoms with Crippen LogP contribution in [0.15, 0.2) is 29.8 Å². The van der Waals surface area contributed by atoms with E-state index in [0.29, 0.717) is 0 Å². The maximum absolute atomic E-state index is 10.5. The largest absolute Gasteiger partial charge is 0.481 e. The molecule has 1 heterocycles. The van der Waals surface area contributed by atoms with Gasteiger partial charge in [-0.25, -0.2) is 4.98 Å². The van der Waals surface area contributed by atoms with E-state index in [1.807, 2.05) is 48.9 Å². The van der Waals surface area contributed by atoms with Crippen LogP contribution in [0.1, 0.15) is 40.6 Å². The first kappa shape index (κ1) is 15.4. The van der Waals surface area contributed by atoms with Crippen LogP contribution in [0.5, 0.6) is 0 Å². The zero-order valence-electron chi connectivity index (χ0n) is 11.7. The Labute approximate surface area is 127 Å². The Kier molecular flexibility index (Phi) is 5.25. The van der Waals surface area contributed by atoms with Gasteiger partial charge in [0, 0.05) is 11.3 Å². The van der Waals surface area contributed by atoms with Gasteiger partial charge in [0.2, 0.25) is 0 Å². The van der Waals surface area contributed by atoms with E-state index in [-0.39, 0.29) is 12.8 Å². The predicted molar refractivity (Wildman–Crippen MR) is 84.1 cm³/mol. The summed E-state index contributed by atoms with van der Waals surface area (Å²) in [5.74, 6) is -0.895. The van der Waals surface area contributed by atoms with E-state index in [1.54, 1.807) is 11.3 Å². The first-order valence-electron chi connectivity index (χ1n) is 6.64. The molecule has 21 heavy (non-hydrogen) atoms. The first-order valence-corrected chi connectivity index (χ1v) is 7.52. The van der Waals surface area contributed by atoms with E-state index >= 15 is 0 Å². The van der Waals surface area contributed by atoms with Gasteiger partial charge >= 0.3 is 5.97 Å². The number of hydrogen-bond donors (Lipinski definition) is 2. The number of thiazole rings is 1.